The molecule has 3 rings (SSSR count). The number of amides is 1. The Hall–Kier alpha value is -3.56. The first-order chi connectivity index (χ1) is 12.1. The number of carbonyl (C=O) groups excluding carboxylic acids is 1. The Labute approximate surface area is 141 Å². The van der Waals surface area contributed by atoms with E-state index < -0.39 is 10.8 Å². The van der Waals surface area contributed by atoms with Crippen LogP contribution in [0.3, 0.4) is 0 Å². The highest BCUT2D eigenvalue weighted by Crippen LogP contribution is 2.26. The van der Waals surface area contributed by atoms with Crippen LogP contribution in [0.15, 0.2) is 40.8 Å². The van der Waals surface area contributed by atoms with Crippen molar-refractivity contribution < 1.29 is 14.1 Å². The number of aromatic nitrogens is 4. The zero-order chi connectivity index (χ0) is 17.8. The minimum Gasteiger partial charge on any atom is -0.451 e. The van der Waals surface area contributed by atoms with E-state index in [1.54, 1.807) is 18.2 Å². The van der Waals surface area contributed by atoms with E-state index >= 15 is 0 Å². The number of aryl methyl sites for hydroxylation is 1. The van der Waals surface area contributed by atoms with Crippen molar-refractivity contribution in [3.8, 4) is 11.3 Å². The maximum Gasteiger partial charge on any atom is 0.293 e. The minimum absolute atomic E-state index is 0.0487. The van der Waals surface area contributed by atoms with Crippen LogP contribution in [0.1, 0.15) is 23.9 Å². The van der Waals surface area contributed by atoms with Gasteiger partial charge in [-0.05, 0) is 29.0 Å². The number of non-ortho nitro benzene ring substituents is 1. The molecule has 1 aromatic carbocycles. The Morgan fingerprint density at radius 1 is 1.36 bits per heavy atom. The van der Waals surface area contributed by atoms with Gasteiger partial charge >= 0.3 is 0 Å². The van der Waals surface area contributed by atoms with E-state index in [4.69, 9.17) is 4.42 Å². The number of furan rings is 1. The number of nitro benzene ring substituents is 1. The number of tetrazole rings is 1. The van der Waals surface area contributed by atoms with Gasteiger partial charge in [-0.25, -0.2) is 4.68 Å². The van der Waals surface area contributed by atoms with E-state index in [9.17, 15) is 14.9 Å². The molecule has 0 aliphatic rings. The van der Waals surface area contributed by atoms with Crippen LogP contribution in [0.4, 0.5) is 11.6 Å². The third-order valence-electron chi connectivity index (χ3n) is 3.36. The van der Waals surface area contributed by atoms with E-state index in [1.165, 1.54) is 22.9 Å². The van der Waals surface area contributed by atoms with Crippen LogP contribution in [0.25, 0.3) is 11.3 Å². The van der Waals surface area contributed by atoms with Crippen molar-refractivity contribution in [1.82, 2.24) is 20.2 Å². The summed E-state index contributed by atoms with van der Waals surface area (Å²) in [5.74, 6) is 0.110. The lowest BCUT2D eigenvalue weighted by Crippen LogP contribution is -2.16. The average molecular weight is 342 g/mol. The lowest BCUT2D eigenvalue weighted by atomic mass is 10.1. The first-order valence-electron chi connectivity index (χ1n) is 7.50. The number of nitrogens with zero attached hydrogens (tertiary/aromatic N) is 5. The molecule has 128 valence electrons. The molecule has 0 fully saturated rings. The Morgan fingerprint density at radius 3 is 2.96 bits per heavy atom. The van der Waals surface area contributed by atoms with Crippen LogP contribution in [-0.2, 0) is 6.54 Å². The quantitative estimate of drug-likeness (QED) is 0.538. The molecular weight excluding hydrogens is 328 g/mol. The van der Waals surface area contributed by atoms with E-state index in [0.29, 0.717) is 17.9 Å². The molecule has 0 unspecified atom stereocenters. The highest BCUT2D eigenvalue weighted by molar-refractivity contribution is 6.01. The Bertz CT molecular complexity index is 916. The summed E-state index contributed by atoms with van der Waals surface area (Å²) in [5.41, 5.74) is 0.447. The van der Waals surface area contributed by atoms with Crippen molar-refractivity contribution in [3.63, 3.8) is 0 Å². The molecule has 2 heterocycles. The van der Waals surface area contributed by atoms with Gasteiger partial charge in [-0.15, -0.1) is 0 Å². The molecule has 1 amide bonds. The van der Waals surface area contributed by atoms with E-state index in [0.717, 1.165) is 6.42 Å². The fraction of sp³-hybridized carbons (Fsp3) is 0.200. The predicted molar refractivity (Wildman–Crippen MR) is 86.9 cm³/mol. The molecule has 0 atom stereocenters. The Kier molecular flexibility index (Phi) is 4.50. The fourth-order valence-corrected chi connectivity index (χ4v) is 2.21. The Balaban J connectivity index is 1.79. The fourth-order valence-electron chi connectivity index (χ4n) is 2.21. The molecule has 0 saturated heterocycles. The molecule has 0 bridgehead atoms. The lowest BCUT2D eigenvalue weighted by molar-refractivity contribution is -0.384. The maximum atomic E-state index is 12.3. The van der Waals surface area contributed by atoms with Gasteiger partial charge in [0.15, 0.2) is 5.76 Å². The largest absolute Gasteiger partial charge is 0.451 e. The lowest BCUT2D eigenvalue weighted by Gasteiger charge is -2.03. The van der Waals surface area contributed by atoms with E-state index in [1.807, 2.05) is 6.92 Å². The number of nitrogens with one attached hydrogen (secondary N) is 1. The van der Waals surface area contributed by atoms with Crippen LogP contribution >= 0.6 is 0 Å². The van der Waals surface area contributed by atoms with Crippen molar-refractivity contribution in [2.45, 2.75) is 19.9 Å². The SMILES string of the molecule is CCCn1nnnc1NC(=O)c1ccc(-c2cccc([N+](=O)[O-])c2)o1. The smallest absolute Gasteiger partial charge is 0.293 e. The summed E-state index contributed by atoms with van der Waals surface area (Å²) in [4.78, 5) is 22.6. The predicted octanol–water partition coefficient (Wildman–Crippen LogP) is 2.50. The van der Waals surface area contributed by atoms with Crippen molar-refractivity contribution >= 4 is 17.5 Å². The summed E-state index contributed by atoms with van der Waals surface area (Å²) in [6.07, 6.45) is 0.811. The van der Waals surface area contributed by atoms with Crippen LogP contribution in [0.2, 0.25) is 0 Å². The number of nitro groups is 1. The molecular formula is C15H14N6O4. The van der Waals surface area contributed by atoms with Crippen LogP contribution in [0, 0.1) is 10.1 Å². The zero-order valence-electron chi connectivity index (χ0n) is 13.2. The second-order valence-corrected chi connectivity index (χ2v) is 5.15. The third kappa shape index (κ3) is 3.52. The Morgan fingerprint density at radius 2 is 2.20 bits per heavy atom. The molecule has 0 saturated carbocycles. The average Bonchev–Trinajstić information content (AvgIpc) is 3.25. The number of rotatable bonds is 6. The summed E-state index contributed by atoms with van der Waals surface area (Å²) >= 11 is 0. The second kappa shape index (κ2) is 6.91. The van der Waals surface area contributed by atoms with Crippen molar-refractivity contribution in [1.29, 1.82) is 0 Å². The summed E-state index contributed by atoms with van der Waals surface area (Å²) in [6, 6.07) is 9.03. The number of hydrogen-bond donors (Lipinski definition) is 1. The standard InChI is InChI=1S/C15H14N6O4/c1-2-8-20-15(17-18-19-20)16-14(22)13-7-6-12(25-13)10-4-3-5-11(9-10)21(23)24/h3-7,9H,2,8H2,1H3,(H,16,17,19,22). The minimum atomic E-state index is -0.510. The van der Waals surface area contributed by atoms with Gasteiger partial charge in [0.05, 0.1) is 4.92 Å². The first kappa shape index (κ1) is 16.3. The summed E-state index contributed by atoms with van der Waals surface area (Å²) < 4.78 is 6.98. The van der Waals surface area contributed by atoms with E-state index in [2.05, 4.69) is 20.8 Å². The van der Waals surface area contributed by atoms with Gasteiger partial charge < -0.3 is 4.42 Å². The van der Waals surface area contributed by atoms with Crippen LogP contribution in [-0.4, -0.2) is 31.0 Å². The molecule has 0 radical (unpaired) electrons. The second-order valence-electron chi connectivity index (χ2n) is 5.15. The highest BCUT2D eigenvalue weighted by Gasteiger charge is 2.17. The van der Waals surface area contributed by atoms with Gasteiger partial charge in [-0.2, -0.15) is 0 Å². The molecule has 25 heavy (non-hydrogen) atoms. The van der Waals surface area contributed by atoms with Gasteiger partial charge in [0.25, 0.3) is 11.6 Å². The number of benzene rings is 1. The monoisotopic (exact) mass is 342 g/mol. The summed E-state index contributed by atoms with van der Waals surface area (Å²) in [6.45, 7) is 2.53. The van der Waals surface area contributed by atoms with Crippen molar-refractivity contribution in [2.75, 3.05) is 5.32 Å². The molecule has 0 aliphatic carbocycles. The first-order valence-corrected chi connectivity index (χ1v) is 7.50. The number of hydrogen-bond acceptors (Lipinski definition) is 7. The molecule has 10 nitrogen and oxygen atoms in total. The van der Waals surface area contributed by atoms with Crippen molar-refractivity contribution in [3.05, 3.63) is 52.3 Å². The van der Waals surface area contributed by atoms with Crippen LogP contribution in [0.5, 0.6) is 0 Å². The zero-order valence-corrected chi connectivity index (χ0v) is 13.2. The van der Waals surface area contributed by atoms with Gasteiger partial charge in [0.1, 0.15) is 5.76 Å². The van der Waals surface area contributed by atoms with Gasteiger partial charge in [0.2, 0.25) is 5.95 Å². The molecule has 3 aromatic rings. The molecule has 10 heteroatoms. The summed E-state index contributed by atoms with van der Waals surface area (Å²) in [7, 11) is 0. The molecule has 0 spiro atoms. The molecule has 2 aromatic heterocycles. The van der Waals surface area contributed by atoms with Gasteiger partial charge in [0, 0.05) is 24.2 Å². The topological polar surface area (TPSA) is 129 Å². The summed E-state index contributed by atoms with van der Waals surface area (Å²) in [5, 5.41) is 24.5. The van der Waals surface area contributed by atoms with E-state index in [-0.39, 0.29) is 17.4 Å². The van der Waals surface area contributed by atoms with Gasteiger partial charge in [-0.3, -0.25) is 20.2 Å². The van der Waals surface area contributed by atoms with Crippen molar-refractivity contribution in [2.24, 2.45) is 0 Å². The highest BCUT2D eigenvalue weighted by atomic mass is 16.6. The van der Waals surface area contributed by atoms with Gasteiger partial charge in [-0.1, -0.05) is 24.2 Å². The third-order valence-corrected chi connectivity index (χ3v) is 3.36. The molecule has 0 aliphatic heterocycles. The number of anilines is 1. The van der Waals surface area contributed by atoms with Crippen LogP contribution < -0.4 is 5.32 Å². The number of carbonyl (C=O) groups is 1. The molecule has 1 N–H and O–H groups in total. The maximum absolute atomic E-state index is 12.3. The normalized spacial score (nSPS) is 10.6.